The molecule has 88 valence electrons. The summed E-state index contributed by atoms with van der Waals surface area (Å²) in [5, 5.41) is 11.1. The van der Waals surface area contributed by atoms with Crippen LogP contribution in [-0.4, -0.2) is 33.0 Å². The first-order valence-electron chi connectivity index (χ1n) is 4.26. The van der Waals surface area contributed by atoms with Crippen molar-refractivity contribution in [2.45, 2.75) is 12.5 Å². The van der Waals surface area contributed by atoms with Crippen molar-refractivity contribution in [1.82, 2.24) is 15.3 Å². The van der Waals surface area contributed by atoms with Gasteiger partial charge in [-0.1, -0.05) is 6.58 Å². The van der Waals surface area contributed by atoms with Gasteiger partial charge in [0.25, 0.3) is 0 Å². The number of carboxylic acids is 1. The molecule has 0 saturated heterocycles. The molecule has 1 rings (SSSR count). The highest BCUT2D eigenvalue weighted by Gasteiger charge is 2.19. The van der Waals surface area contributed by atoms with E-state index in [1.807, 2.05) is 0 Å². The molecule has 1 heterocycles. The smallest absolute Gasteiger partial charge is 0.326 e. The standard InChI is InChI=1S/C9H11N3O3.ClH/c1-2-8(13)12-7(9(14)15)3-6-4-10-5-11-6;/h2,4-5,7H,1,3H2,(H,10,11)(H,12,13)(H,14,15);1H/t7-;/m0./s1. The van der Waals surface area contributed by atoms with E-state index in [9.17, 15) is 9.59 Å². The number of amides is 1. The van der Waals surface area contributed by atoms with Crippen molar-refractivity contribution < 1.29 is 14.7 Å². The Morgan fingerprint density at radius 2 is 2.38 bits per heavy atom. The summed E-state index contributed by atoms with van der Waals surface area (Å²) in [6.45, 7) is 3.24. The lowest BCUT2D eigenvalue weighted by Gasteiger charge is -2.11. The van der Waals surface area contributed by atoms with Crippen LogP contribution < -0.4 is 5.32 Å². The number of carboxylic acid groups (broad SMARTS) is 1. The van der Waals surface area contributed by atoms with Crippen LogP contribution in [0.3, 0.4) is 0 Å². The second-order valence-corrected chi connectivity index (χ2v) is 2.88. The van der Waals surface area contributed by atoms with E-state index >= 15 is 0 Å². The number of carbonyl (C=O) groups is 2. The van der Waals surface area contributed by atoms with Crippen LogP contribution in [0.2, 0.25) is 0 Å². The summed E-state index contributed by atoms with van der Waals surface area (Å²) in [6.07, 6.45) is 4.15. The van der Waals surface area contributed by atoms with E-state index < -0.39 is 17.9 Å². The number of rotatable bonds is 5. The van der Waals surface area contributed by atoms with Crippen molar-refractivity contribution in [3.63, 3.8) is 0 Å². The first-order chi connectivity index (χ1) is 7.13. The molecule has 6 nitrogen and oxygen atoms in total. The second-order valence-electron chi connectivity index (χ2n) is 2.88. The van der Waals surface area contributed by atoms with Gasteiger partial charge in [0.05, 0.1) is 6.33 Å². The highest BCUT2D eigenvalue weighted by atomic mass is 35.5. The minimum Gasteiger partial charge on any atom is -0.480 e. The Morgan fingerprint density at radius 1 is 1.69 bits per heavy atom. The zero-order valence-corrected chi connectivity index (χ0v) is 9.16. The predicted octanol–water partition coefficient (Wildman–Crippen LogP) is 0.129. The number of nitrogens with one attached hydrogen (secondary N) is 2. The minimum atomic E-state index is -1.10. The molecule has 0 aliphatic rings. The molecule has 0 saturated carbocycles. The fourth-order valence-electron chi connectivity index (χ4n) is 1.05. The molecule has 1 amide bonds. The number of H-pyrrole nitrogens is 1. The first-order valence-corrected chi connectivity index (χ1v) is 4.26. The molecule has 1 aromatic heterocycles. The summed E-state index contributed by atoms with van der Waals surface area (Å²) in [5.74, 6) is -1.61. The van der Waals surface area contributed by atoms with Gasteiger partial charge in [0.2, 0.25) is 5.91 Å². The summed E-state index contributed by atoms with van der Waals surface area (Å²) in [4.78, 5) is 28.2. The van der Waals surface area contributed by atoms with Gasteiger partial charge < -0.3 is 15.4 Å². The molecule has 3 N–H and O–H groups in total. The van der Waals surface area contributed by atoms with Crippen molar-refractivity contribution in [2.75, 3.05) is 0 Å². The number of imidazole rings is 1. The summed E-state index contributed by atoms with van der Waals surface area (Å²) in [5.41, 5.74) is 0.645. The Kier molecular flexibility index (Phi) is 5.87. The molecule has 0 radical (unpaired) electrons. The lowest BCUT2D eigenvalue weighted by atomic mass is 10.1. The average molecular weight is 246 g/mol. The number of nitrogens with zero attached hydrogens (tertiary/aromatic N) is 1. The summed E-state index contributed by atoms with van der Waals surface area (Å²) in [6, 6.07) is -0.976. The molecule has 0 unspecified atom stereocenters. The number of carbonyl (C=O) groups excluding carboxylic acids is 1. The van der Waals surface area contributed by atoms with E-state index in [0.29, 0.717) is 5.69 Å². The normalized spacial score (nSPS) is 11.0. The van der Waals surface area contributed by atoms with E-state index in [-0.39, 0.29) is 18.8 Å². The van der Waals surface area contributed by atoms with Crippen molar-refractivity contribution in [1.29, 1.82) is 0 Å². The number of aromatic amines is 1. The van der Waals surface area contributed by atoms with Crippen molar-refractivity contribution in [3.8, 4) is 0 Å². The third-order valence-corrected chi connectivity index (χ3v) is 1.78. The van der Waals surface area contributed by atoms with Crippen LogP contribution in [0.5, 0.6) is 0 Å². The molecule has 0 fully saturated rings. The lowest BCUT2D eigenvalue weighted by Crippen LogP contribution is -2.41. The largest absolute Gasteiger partial charge is 0.480 e. The average Bonchev–Trinajstić information content (AvgIpc) is 2.69. The van der Waals surface area contributed by atoms with Crippen LogP contribution in [0.1, 0.15) is 5.69 Å². The fraction of sp³-hybridized carbons (Fsp3) is 0.222. The first kappa shape index (κ1) is 14.2. The van der Waals surface area contributed by atoms with Crippen molar-refractivity contribution in [3.05, 3.63) is 30.9 Å². The van der Waals surface area contributed by atoms with Gasteiger partial charge in [-0.2, -0.15) is 0 Å². The number of hydrogen-bond acceptors (Lipinski definition) is 3. The maximum absolute atomic E-state index is 10.9. The Morgan fingerprint density at radius 3 is 2.81 bits per heavy atom. The summed E-state index contributed by atoms with van der Waals surface area (Å²) in [7, 11) is 0. The van der Waals surface area contributed by atoms with Crippen LogP contribution in [0.15, 0.2) is 25.2 Å². The minimum absolute atomic E-state index is 0. The quantitative estimate of drug-likeness (QED) is 0.643. The van der Waals surface area contributed by atoms with Gasteiger partial charge in [0.1, 0.15) is 6.04 Å². The van der Waals surface area contributed by atoms with Gasteiger partial charge >= 0.3 is 5.97 Å². The zero-order chi connectivity index (χ0) is 11.3. The van der Waals surface area contributed by atoms with Gasteiger partial charge in [-0.25, -0.2) is 9.78 Å². The number of halogens is 1. The lowest BCUT2D eigenvalue weighted by molar-refractivity contribution is -0.141. The predicted molar refractivity (Wildman–Crippen MR) is 59.3 cm³/mol. The van der Waals surface area contributed by atoms with Crippen LogP contribution in [0.25, 0.3) is 0 Å². The maximum atomic E-state index is 10.9. The molecule has 7 heteroatoms. The van der Waals surface area contributed by atoms with E-state index in [1.165, 1.54) is 12.5 Å². The van der Waals surface area contributed by atoms with Gasteiger partial charge in [-0.15, -0.1) is 12.4 Å². The van der Waals surface area contributed by atoms with Gasteiger partial charge in [-0.05, 0) is 6.08 Å². The monoisotopic (exact) mass is 245 g/mol. The van der Waals surface area contributed by atoms with E-state index in [4.69, 9.17) is 5.11 Å². The van der Waals surface area contributed by atoms with Crippen LogP contribution in [0, 0.1) is 0 Å². The Balaban J connectivity index is 0.00000225. The Bertz CT molecular complexity index is 364. The molecule has 0 aromatic carbocycles. The van der Waals surface area contributed by atoms with Crippen molar-refractivity contribution in [2.24, 2.45) is 0 Å². The highest BCUT2D eigenvalue weighted by Crippen LogP contribution is 1.98. The van der Waals surface area contributed by atoms with E-state index in [1.54, 1.807) is 0 Å². The molecular formula is C9H12ClN3O3. The molecule has 16 heavy (non-hydrogen) atoms. The van der Waals surface area contributed by atoms with Gasteiger partial charge in [0, 0.05) is 18.3 Å². The zero-order valence-electron chi connectivity index (χ0n) is 8.34. The molecule has 0 aliphatic heterocycles. The summed E-state index contributed by atoms with van der Waals surface area (Å²) >= 11 is 0. The van der Waals surface area contributed by atoms with Gasteiger partial charge in [-0.3, -0.25) is 4.79 Å². The Hall–Kier alpha value is -1.82. The maximum Gasteiger partial charge on any atom is 0.326 e. The van der Waals surface area contributed by atoms with Crippen LogP contribution >= 0.6 is 12.4 Å². The van der Waals surface area contributed by atoms with E-state index in [0.717, 1.165) is 6.08 Å². The SMILES string of the molecule is C=CC(=O)N[C@@H](Cc1cnc[nH]1)C(=O)O.Cl. The molecule has 1 atom stereocenters. The summed E-state index contributed by atoms with van der Waals surface area (Å²) < 4.78 is 0. The van der Waals surface area contributed by atoms with E-state index in [2.05, 4.69) is 21.9 Å². The topological polar surface area (TPSA) is 95.1 Å². The second kappa shape index (κ2) is 6.62. The number of hydrogen-bond donors (Lipinski definition) is 3. The van der Waals surface area contributed by atoms with Gasteiger partial charge in [0.15, 0.2) is 0 Å². The van der Waals surface area contributed by atoms with Crippen LogP contribution in [-0.2, 0) is 16.0 Å². The third kappa shape index (κ3) is 4.14. The molecule has 0 spiro atoms. The number of aromatic nitrogens is 2. The Labute approximate surface area is 98.2 Å². The molecule has 1 aromatic rings. The molecule has 0 bridgehead atoms. The van der Waals surface area contributed by atoms with Crippen molar-refractivity contribution >= 4 is 24.3 Å². The highest BCUT2D eigenvalue weighted by molar-refractivity contribution is 5.90. The fourth-order valence-corrected chi connectivity index (χ4v) is 1.05. The third-order valence-electron chi connectivity index (χ3n) is 1.78. The molecule has 0 aliphatic carbocycles. The number of aliphatic carboxylic acids is 1. The molecular weight excluding hydrogens is 234 g/mol. The van der Waals surface area contributed by atoms with Crippen LogP contribution in [0.4, 0.5) is 0 Å².